The van der Waals surface area contributed by atoms with Crippen molar-refractivity contribution in [3.63, 3.8) is 0 Å². The summed E-state index contributed by atoms with van der Waals surface area (Å²) < 4.78 is 17.0. The van der Waals surface area contributed by atoms with Crippen molar-refractivity contribution in [1.82, 2.24) is 24.3 Å². The van der Waals surface area contributed by atoms with Gasteiger partial charge in [0, 0.05) is 37.0 Å². The zero-order valence-corrected chi connectivity index (χ0v) is 20.6. The van der Waals surface area contributed by atoms with Gasteiger partial charge in [0.15, 0.2) is 0 Å². The molecule has 9 nitrogen and oxygen atoms in total. The van der Waals surface area contributed by atoms with E-state index in [1.807, 2.05) is 12.1 Å². The number of nitrogen functional groups attached to an aromatic ring is 1. The van der Waals surface area contributed by atoms with Crippen molar-refractivity contribution in [3.05, 3.63) is 84.1 Å². The van der Waals surface area contributed by atoms with E-state index in [0.717, 1.165) is 36.0 Å². The van der Waals surface area contributed by atoms with E-state index >= 15 is 4.39 Å². The van der Waals surface area contributed by atoms with E-state index in [9.17, 15) is 9.59 Å². The molecule has 192 valence electrons. The Morgan fingerprint density at radius 3 is 2.66 bits per heavy atom. The minimum atomic E-state index is -0.692. The van der Waals surface area contributed by atoms with Crippen LogP contribution in [0.25, 0.3) is 16.9 Å². The topological polar surface area (TPSA) is 119 Å². The molecule has 3 N–H and O–H groups in total. The third-order valence-corrected chi connectivity index (χ3v) is 7.22. The van der Waals surface area contributed by atoms with Gasteiger partial charge in [-0.3, -0.25) is 14.0 Å². The maximum atomic E-state index is 15.3. The Labute approximate surface area is 218 Å². The van der Waals surface area contributed by atoms with Crippen molar-refractivity contribution in [1.29, 1.82) is 0 Å². The summed E-state index contributed by atoms with van der Waals surface area (Å²) in [6, 6.07) is 9.92. The van der Waals surface area contributed by atoms with Crippen LogP contribution in [-0.2, 0) is 4.79 Å². The van der Waals surface area contributed by atoms with Gasteiger partial charge in [-0.15, -0.1) is 0 Å². The molecule has 2 fully saturated rings. The van der Waals surface area contributed by atoms with E-state index in [4.69, 9.17) is 10.7 Å². The third kappa shape index (κ3) is 4.27. The van der Waals surface area contributed by atoms with Gasteiger partial charge in [-0.1, -0.05) is 12.6 Å². The van der Waals surface area contributed by atoms with E-state index < -0.39 is 11.7 Å². The maximum Gasteiger partial charge on any atom is 0.259 e. The Balaban J connectivity index is 1.31. The van der Waals surface area contributed by atoms with Crippen LogP contribution in [0.2, 0.25) is 0 Å². The number of halogens is 1. The zero-order valence-electron chi connectivity index (χ0n) is 20.6. The van der Waals surface area contributed by atoms with Crippen LogP contribution in [-0.4, -0.2) is 49.2 Å². The highest BCUT2D eigenvalue weighted by molar-refractivity contribution is 6.04. The number of rotatable bonds is 6. The molecule has 0 spiro atoms. The first-order valence-electron chi connectivity index (χ1n) is 12.5. The molecule has 1 aliphatic heterocycles. The fourth-order valence-electron chi connectivity index (χ4n) is 5.10. The predicted octanol–water partition coefficient (Wildman–Crippen LogP) is 4.14. The molecule has 3 aromatic heterocycles. The van der Waals surface area contributed by atoms with E-state index in [-0.39, 0.29) is 23.3 Å². The first-order chi connectivity index (χ1) is 18.4. The van der Waals surface area contributed by atoms with Crippen LogP contribution in [0.3, 0.4) is 0 Å². The minimum Gasteiger partial charge on any atom is -0.369 e. The number of imidazole rings is 1. The lowest BCUT2D eigenvalue weighted by atomic mass is 10.0. The lowest BCUT2D eigenvalue weighted by molar-refractivity contribution is -0.125. The highest BCUT2D eigenvalue weighted by atomic mass is 19.1. The summed E-state index contributed by atoms with van der Waals surface area (Å²) in [5.41, 5.74) is 9.19. The van der Waals surface area contributed by atoms with E-state index in [0.29, 0.717) is 36.2 Å². The average Bonchev–Trinajstić information content (AvgIpc) is 3.52. The second-order valence-electron chi connectivity index (χ2n) is 9.72. The van der Waals surface area contributed by atoms with Crippen molar-refractivity contribution in [2.24, 2.45) is 0 Å². The van der Waals surface area contributed by atoms with Crippen LogP contribution in [0, 0.1) is 5.82 Å². The average molecular weight is 512 g/mol. The number of carbonyl (C=O) groups excluding carboxylic acids is 2. The summed E-state index contributed by atoms with van der Waals surface area (Å²) in [7, 11) is 0. The lowest BCUT2D eigenvalue weighted by Gasteiger charge is -2.13. The summed E-state index contributed by atoms with van der Waals surface area (Å²) in [6.45, 7) is 4.67. The number of fused-ring (bicyclic) bond motifs is 1. The summed E-state index contributed by atoms with van der Waals surface area (Å²) >= 11 is 0. The fraction of sp³-hybridized carbons (Fsp3) is 0.250. The molecule has 4 heterocycles. The highest BCUT2D eigenvalue weighted by Gasteiger charge is 2.31. The molecule has 0 radical (unpaired) electrons. The van der Waals surface area contributed by atoms with E-state index in [2.05, 4.69) is 21.9 Å². The van der Waals surface area contributed by atoms with Crippen LogP contribution in [0.15, 0.2) is 61.4 Å². The Kier molecular flexibility index (Phi) is 5.86. The molecule has 0 bridgehead atoms. The first kappa shape index (κ1) is 23.8. The predicted molar refractivity (Wildman–Crippen MR) is 141 cm³/mol. The molecule has 1 atom stereocenters. The second kappa shape index (κ2) is 9.37. The number of pyridine rings is 1. The Bertz CT molecular complexity index is 1590. The molecule has 1 unspecified atom stereocenters. The Morgan fingerprint density at radius 2 is 1.89 bits per heavy atom. The number of amides is 2. The molecular weight excluding hydrogens is 485 g/mol. The largest absolute Gasteiger partial charge is 0.369 e. The molecule has 38 heavy (non-hydrogen) atoms. The minimum absolute atomic E-state index is 0.0155. The number of benzene rings is 1. The van der Waals surface area contributed by atoms with Crippen LogP contribution < -0.4 is 11.1 Å². The SMILES string of the molecule is C=CC(=O)N1CCC(c2nc(-c3ccc(C(=O)Nc4cc(C5CC5)ccn4)c(F)c3)n3c(N)nccc23)C1. The molecular formula is C28H26FN7O2. The molecule has 1 aromatic carbocycles. The standard InChI is InChI=1S/C28H26FN7O2/c1-2-24(37)35-12-9-19(15-35)25-22-8-11-32-28(30)36(22)26(34-25)18-5-6-20(21(29)13-18)27(38)33-23-14-17(7-10-31-23)16-3-4-16/h2,5-8,10-11,13-14,16,19H,1,3-4,9,12,15H2,(H2,30,32)(H,31,33,38). The number of nitrogens with zero attached hydrogens (tertiary/aromatic N) is 5. The van der Waals surface area contributed by atoms with Gasteiger partial charge in [0.1, 0.15) is 17.5 Å². The third-order valence-electron chi connectivity index (χ3n) is 7.22. The summed E-state index contributed by atoms with van der Waals surface area (Å²) in [5.74, 6) is 0.115. The van der Waals surface area contributed by atoms with Crippen molar-refractivity contribution in [2.75, 3.05) is 24.1 Å². The molecule has 10 heteroatoms. The number of carbonyl (C=O) groups is 2. The van der Waals surface area contributed by atoms with Crippen LogP contribution in [0.5, 0.6) is 0 Å². The molecule has 1 aliphatic carbocycles. The highest BCUT2D eigenvalue weighted by Crippen LogP contribution is 2.40. The van der Waals surface area contributed by atoms with Gasteiger partial charge < -0.3 is 16.0 Å². The number of hydrogen-bond donors (Lipinski definition) is 2. The van der Waals surface area contributed by atoms with Gasteiger partial charge in [0.05, 0.1) is 16.8 Å². The van der Waals surface area contributed by atoms with Crippen LogP contribution in [0.1, 0.15) is 52.7 Å². The van der Waals surface area contributed by atoms with Gasteiger partial charge >= 0.3 is 0 Å². The first-order valence-corrected chi connectivity index (χ1v) is 12.5. The molecule has 1 saturated heterocycles. The van der Waals surface area contributed by atoms with Gasteiger partial charge in [0.2, 0.25) is 11.9 Å². The van der Waals surface area contributed by atoms with Gasteiger partial charge in [0.25, 0.3) is 5.91 Å². The lowest BCUT2D eigenvalue weighted by Crippen LogP contribution is -2.26. The number of anilines is 2. The Morgan fingerprint density at radius 1 is 1.08 bits per heavy atom. The number of aromatic nitrogens is 4. The van der Waals surface area contributed by atoms with Crippen LogP contribution >= 0.6 is 0 Å². The molecule has 2 aliphatic rings. The number of nitrogens with one attached hydrogen (secondary N) is 1. The molecule has 4 aromatic rings. The van der Waals surface area contributed by atoms with Gasteiger partial charge in [-0.2, -0.15) is 0 Å². The monoisotopic (exact) mass is 511 g/mol. The summed E-state index contributed by atoms with van der Waals surface area (Å²) in [6.07, 6.45) is 7.55. The number of hydrogen-bond acceptors (Lipinski definition) is 6. The second-order valence-corrected chi connectivity index (χ2v) is 9.72. The zero-order chi connectivity index (χ0) is 26.4. The number of likely N-dealkylation sites (tertiary alicyclic amines) is 1. The van der Waals surface area contributed by atoms with Crippen molar-refractivity contribution in [2.45, 2.75) is 31.1 Å². The fourth-order valence-corrected chi connectivity index (χ4v) is 5.10. The summed E-state index contributed by atoms with van der Waals surface area (Å²) in [5, 5.41) is 2.70. The quantitative estimate of drug-likeness (QED) is 0.376. The number of nitrogens with two attached hydrogens (primary N) is 1. The molecule has 6 rings (SSSR count). The maximum absolute atomic E-state index is 15.3. The molecule has 2 amide bonds. The van der Waals surface area contributed by atoms with Crippen LogP contribution in [0.4, 0.5) is 16.2 Å². The van der Waals surface area contributed by atoms with Crippen molar-refractivity contribution in [3.8, 4) is 11.4 Å². The Hall–Kier alpha value is -4.60. The molecule has 1 saturated carbocycles. The van der Waals surface area contributed by atoms with Crippen molar-refractivity contribution < 1.29 is 14.0 Å². The van der Waals surface area contributed by atoms with E-state index in [1.54, 1.807) is 33.8 Å². The van der Waals surface area contributed by atoms with E-state index in [1.165, 1.54) is 18.2 Å². The smallest absolute Gasteiger partial charge is 0.259 e. The van der Waals surface area contributed by atoms with Crippen molar-refractivity contribution >= 4 is 29.1 Å². The summed E-state index contributed by atoms with van der Waals surface area (Å²) in [4.78, 5) is 39.9. The normalized spacial score (nSPS) is 17.1. The van der Waals surface area contributed by atoms with Gasteiger partial charge in [-0.25, -0.2) is 19.3 Å². The van der Waals surface area contributed by atoms with Gasteiger partial charge in [-0.05, 0) is 67.2 Å².